The molecule has 0 radical (unpaired) electrons. The fraction of sp³-hybridized carbons (Fsp3) is 0.167. The number of aliphatic carboxylic acids is 1. The van der Waals surface area contributed by atoms with Crippen molar-refractivity contribution >= 4 is 76.9 Å². The lowest BCUT2D eigenvalue weighted by Gasteiger charge is -2.02. The molecule has 0 saturated carbocycles. The zero-order valence-corrected chi connectivity index (χ0v) is 21.0. The number of carboxylic acid groups (broad SMARTS) is 1. The third-order valence-electron chi connectivity index (χ3n) is 5.06. The van der Waals surface area contributed by atoms with Gasteiger partial charge in [0.15, 0.2) is 11.4 Å². The van der Waals surface area contributed by atoms with Gasteiger partial charge in [-0.1, -0.05) is 12.1 Å². The molecule has 34 heavy (non-hydrogen) atoms. The van der Waals surface area contributed by atoms with Crippen LogP contribution in [0.2, 0.25) is 0 Å². The second-order valence-electron chi connectivity index (χ2n) is 7.33. The molecule has 2 aromatic carbocycles. The summed E-state index contributed by atoms with van der Waals surface area (Å²) in [5, 5.41) is 10.6. The van der Waals surface area contributed by atoms with E-state index < -0.39 is 5.97 Å². The third-order valence-corrected chi connectivity index (χ3v) is 6.32. The summed E-state index contributed by atoms with van der Waals surface area (Å²) in [7, 11) is 0. The van der Waals surface area contributed by atoms with Crippen molar-refractivity contribution in [1.29, 1.82) is 0 Å². The number of carbonyl (C=O) groups excluding carboxylic acids is 1. The molecule has 0 bridgehead atoms. The molecule has 2 aromatic heterocycles. The Morgan fingerprint density at radius 2 is 1.29 bits per heavy atom. The van der Waals surface area contributed by atoms with Gasteiger partial charge in [0, 0.05) is 62.7 Å². The summed E-state index contributed by atoms with van der Waals surface area (Å²) in [6.07, 6.45) is 4.14. The monoisotopic (exact) mass is 583 g/mol. The van der Waals surface area contributed by atoms with Crippen LogP contribution in [0.15, 0.2) is 57.7 Å². The molecule has 0 aliphatic heterocycles. The third kappa shape index (κ3) is 5.84. The van der Waals surface area contributed by atoms with Crippen molar-refractivity contribution in [2.75, 3.05) is 0 Å². The van der Waals surface area contributed by atoms with Crippen LogP contribution in [0, 0.1) is 13.1 Å². The SMILES string of the molecule is [C-]#[N+]c1ccc2c(c1)c(Br)cn2CCC(=O)O.[C-]#[N+]c1ccc2c(c1)c(Br)cn2CCC(N)=O. The quantitative estimate of drug-likeness (QED) is 0.262. The van der Waals surface area contributed by atoms with Crippen LogP contribution in [0.4, 0.5) is 11.4 Å². The van der Waals surface area contributed by atoms with E-state index in [0.29, 0.717) is 30.9 Å². The molecule has 0 atom stereocenters. The molecule has 4 rings (SSSR count). The maximum atomic E-state index is 10.8. The molecule has 10 heteroatoms. The molecule has 8 nitrogen and oxygen atoms in total. The fourth-order valence-electron chi connectivity index (χ4n) is 3.44. The van der Waals surface area contributed by atoms with Crippen LogP contribution in [0.3, 0.4) is 0 Å². The van der Waals surface area contributed by atoms with Gasteiger partial charge in [-0.15, -0.1) is 0 Å². The summed E-state index contributed by atoms with van der Waals surface area (Å²) in [5.41, 5.74) is 8.24. The van der Waals surface area contributed by atoms with E-state index in [1.165, 1.54) is 0 Å². The standard InChI is InChI=1S/C12H10BrN3O.C12H9BrN2O2/c1-15-8-2-3-11-9(6-8)10(13)7-16(11)5-4-12(14)17;1-14-8-2-3-11-9(6-8)10(13)7-15(11)5-4-12(16)17/h2-3,6-7H,4-5H2,(H2,14,17);2-3,6-7H,4-5H2,(H,16,17). The van der Waals surface area contributed by atoms with Gasteiger partial charge in [0.25, 0.3) is 0 Å². The van der Waals surface area contributed by atoms with E-state index in [1.54, 1.807) is 18.2 Å². The predicted octanol–water partition coefficient (Wildman–Crippen LogP) is 6.26. The van der Waals surface area contributed by atoms with Gasteiger partial charge < -0.3 is 20.0 Å². The number of hydrogen-bond acceptors (Lipinski definition) is 2. The molecule has 3 N–H and O–H groups in total. The summed E-state index contributed by atoms with van der Waals surface area (Å²) in [6, 6.07) is 10.8. The lowest BCUT2D eigenvalue weighted by Crippen LogP contribution is -2.13. The molecule has 0 aliphatic rings. The summed E-state index contributed by atoms with van der Waals surface area (Å²) >= 11 is 6.87. The van der Waals surface area contributed by atoms with E-state index in [1.807, 2.05) is 39.7 Å². The van der Waals surface area contributed by atoms with Crippen LogP contribution < -0.4 is 5.73 Å². The number of nitrogens with zero attached hydrogens (tertiary/aromatic N) is 4. The lowest BCUT2D eigenvalue weighted by molar-refractivity contribution is -0.137. The predicted molar refractivity (Wildman–Crippen MR) is 138 cm³/mol. The van der Waals surface area contributed by atoms with Crippen molar-refractivity contribution in [1.82, 2.24) is 9.13 Å². The number of aryl methyl sites for hydroxylation is 2. The highest BCUT2D eigenvalue weighted by atomic mass is 79.9. The van der Waals surface area contributed by atoms with E-state index in [4.69, 9.17) is 24.0 Å². The van der Waals surface area contributed by atoms with Gasteiger partial charge in [-0.3, -0.25) is 9.59 Å². The maximum absolute atomic E-state index is 10.8. The van der Waals surface area contributed by atoms with Gasteiger partial charge in [-0.2, -0.15) is 0 Å². The minimum atomic E-state index is -0.819. The van der Waals surface area contributed by atoms with Crippen LogP contribution >= 0.6 is 31.9 Å². The van der Waals surface area contributed by atoms with Crippen molar-refractivity contribution in [3.8, 4) is 0 Å². The van der Waals surface area contributed by atoms with Crippen molar-refractivity contribution in [3.05, 3.63) is 80.6 Å². The number of amides is 1. The summed E-state index contributed by atoms with van der Waals surface area (Å²) in [5.74, 6) is -1.14. The Morgan fingerprint density at radius 1 is 0.853 bits per heavy atom. The normalized spacial score (nSPS) is 10.4. The van der Waals surface area contributed by atoms with Gasteiger partial charge in [-0.25, -0.2) is 9.69 Å². The highest BCUT2D eigenvalue weighted by Gasteiger charge is 2.09. The Morgan fingerprint density at radius 3 is 1.68 bits per heavy atom. The van der Waals surface area contributed by atoms with E-state index in [0.717, 1.165) is 30.8 Å². The molecule has 172 valence electrons. The van der Waals surface area contributed by atoms with E-state index >= 15 is 0 Å². The van der Waals surface area contributed by atoms with E-state index in [9.17, 15) is 9.59 Å². The first-order chi connectivity index (χ1) is 16.2. The molecular formula is C24H19Br2N5O3. The number of nitrogens with two attached hydrogens (primary N) is 1. The van der Waals surface area contributed by atoms with Crippen LogP contribution in [0.5, 0.6) is 0 Å². The van der Waals surface area contributed by atoms with Crippen LogP contribution in [-0.4, -0.2) is 26.1 Å². The number of aromatic nitrogens is 2. The average molecular weight is 585 g/mol. The number of fused-ring (bicyclic) bond motifs is 2. The highest BCUT2D eigenvalue weighted by Crippen LogP contribution is 2.31. The van der Waals surface area contributed by atoms with Gasteiger partial charge in [-0.05, 0) is 56.1 Å². The first-order valence-corrected chi connectivity index (χ1v) is 11.6. The zero-order valence-electron chi connectivity index (χ0n) is 17.8. The molecule has 2 heterocycles. The van der Waals surface area contributed by atoms with Gasteiger partial charge >= 0.3 is 5.97 Å². The Balaban J connectivity index is 0.000000191. The second-order valence-corrected chi connectivity index (χ2v) is 9.04. The molecular weight excluding hydrogens is 566 g/mol. The fourth-order valence-corrected chi connectivity index (χ4v) is 4.57. The molecule has 0 unspecified atom stereocenters. The van der Waals surface area contributed by atoms with Crippen molar-refractivity contribution in [3.63, 3.8) is 0 Å². The van der Waals surface area contributed by atoms with Crippen molar-refractivity contribution in [2.24, 2.45) is 5.73 Å². The molecule has 0 spiro atoms. The summed E-state index contributed by atoms with van der Waals surface area (Å²) < 4.78 is 5.63. The van der Waals surface area contributed by atoms with E-state index in [2.05, 4.69) is 41.5 Å². The number of carboxylic acids is 1. The Labute approximate surface area is 212 Å². The minimum Gasteiger partial charge on any atom is -0.481 e. The lowest BCUT2D eigenvalue weighted by atomic mass is 10.2. The highest BCUT2D eigenvalue weighted by molar-refractivity contribution is 9.11. The second kappa shape index (κ2) is 11.0. The molecule has 0 saturated heterocycles. The van der Waals surface area contributed by atoms with Gasteiger partial charge in [0.05, 0.1) is 19.6 Å². The number of rotatable bonds is 6. The smallest absolute Gasteiger partial charge is 0.305 e. The number of carbonyl (C=O) groups is 2. The largest absolute Gasteiger partial charge is 0.481 e. The first-order valence-electron chi connectivity index (χ1n) is 10.0. The first kappa shape index (κ1) is 25.0. The van der Waals surface area contributed by atoms with Crippen molar-refractivity contribution < 1.29 is 14.7 Å². The summed E-state index contributed by atoms with van der Waals surface area (Å²) in [6.45, 7) is 14.9. The zero-order chi connectivity index (χ0) is 24.8. The Hall–Kier alpha value is -3.60. The number of hydrogen-bond donors (Lipinski definition) is 2. The van der Waals surface area contributed by atoms with E-state index in [-0.39, 0.29) is 12.3 Å². The number of halogens is 2. The van der Waals surface area contributed by atoms with Crippen LogP contribution in [-0.2, 0) is 22.7 Å². The number of primary amides is 1. The average Bonchev–Trinajstić information content (AvgIpc) is 3.31. The van der Waals surface area contributed by atoms with Crippen LogP contribution in [0.25, 0.3) is 31.5 Å². The molecule has 0 aliphatic carbocycles. The van der Waals surface area contributed by atoms with Gasteiger partial charge in [0.2, 0.25) is 5.91 Å². The molecule has 1 amide bonds. The summed E-state index contributed by atoms with van der Waals surface area (Å²) in [4.78, 5) is 28.1. The maximum Gasteiger partial charge on any atom is 0.305 e. The number of benzene rings is 2. The Kier molecular flexibility index (Phi) is 8.11. The molecule has 0 fully saturated rings. The van der Waals surface area contributed by atoms with Gasteiger partial charge in [0.1, 0.15) is 0 Å². The topological polar surface area (TPSA) is 99.0 Å². The Bertz CT molecular complexity index is 1360. The van der Waals surface area contributed by atoms with Crippen LogP contribution in [0.1, 0.15) is 12.8 Å². The molecule has 4 aromatic rings. The van der Waals surface area contributed by atoms with Crippen molar-refractivity contribution in [2.45, 2.75) is 25.9 Å². The minimum absolute atomic E-state index is 0.0841.